The van der Waals surface area contributed by atoms with E-state index in [4.69, 9.17) is 13.9 Å². The van der Waals surface area contributed by atoms with Crippen LogP contribution in [0, 0.1) is 0 Å². The summed E-state index contributed by atoms with van der Waals surface area (Å²) in [6.07, 6.45) is 2.79. The second kappa shape index (κ2) is 6.59. The van der Waals surface area contributed by atoms with Crippen molar-refractivity contribution in [3.05, 3.63) is 64.4 Å². The van der Waals surface area contributed by atoms with Gasteiger partial charge in [-0.2, -0.15) is 0 Å². The first-order valence-electron chi connectivity index (χ1n) is 6.65. The van der Waals surface area contributed by atoms with Crippen molar-refractivity contribution in [1.29, 1.82) is 0 Å². The van der Waals surface area contributed by atoms with Gasteiger partial charge in [0.2, 0.25) is 5.89 Å². The fraction of sp³-hybridized carbons (Fsp3) is 0.200. The first-order valence-corrected chi connectivity index (χ1v) is 7.53. The highest BCUT2D eigenvalue weighted by Gasteiger charge is 2.16. The zero-order valence-electron chi connectivity index (χ0n) is 11.6. The Balaban J connectivity index is 1.73. The van der Waals surface area contributed by atoms with Crippen LogP contribution >= 0.6 is 11.3 Å². The van der Waals surface area contributed by atoms with E-state index in [2.05, 4.69) is 16.0 Å². The van der Waals surface area contributed by atoms with E-state index in [0.29, 0.717) is 25.5 Å². The molecular weight excluding hydrogens is 304 g/mol. The third kappa shape index (κ3) is 3.63. The van der Waals surface area contributed by atoms with E-state index >= 15 is 0 Å². The Morgan fingerprint density at radius 2 is 2.14 bits per heavy atom. The molecule has 0 saturated heterocycles. The highest BCUT2D eigenvalue weighted by molar-refractivity contribution is 7.09. The molecule has 114 valence electrons. The van der Waals surface area contributed by atoms with Gasteiger partial charge >= 0.3 is 5.97 Å². The van der Waals surface area contributed by atoms with Crippen LogP contribution in [-0.4, -0.2) is 21.0 Å². The summed E-state index contributed by atoms with van der Waals surface area (Å²) in [4.78, 5) is 18.1. The molecule has 3 aromatic heterocycles. The molecule has 0 aliphatic rings. The van der Waals surface area contributed by atoms with Gasteiger partial charge in [-0.1, -0.05) is 6.07 Å². The van der Waals surface area contributed by atoms with E-state index in [9.17, 15) is 4.79 Å². The number of aromatic nitrogens is 1. The molecule has 6 nitrogen and oxygen atoms in total. The molecule has 3 rings (SSSR count). The predicted molar refractivity (Wildman–Crippen MR) is 79.4 cm³/mol. The SMILES string of the molecule is O=C(O)c1coc(CN(Cc2ccco2)Cc2cccs2)n1. The summed E-state index contributed by atoms with van der Waals surface area (Å²) in [7, 11) is 0. The summed E-state index contributed by atoms with van der Waals surface area (Å²) in [5, 5.41) is 10.9. The quantitative estimate of drug-likeness (QED) is 0.720. The van der Waals surface area contributed by atoms with Crippen LogP contribution in [0.25, 0.3) is 0 Å². The molecule has 0 atom stereocenters. The molecule has 0 aliphatic heterocycles. The number of furan rings is 1. The molecule has 0 bridgehead atoms. The summed E-state index contributed by atoms with van der Waals surface area (Å²) in [5.74, 6) is 0.118. The Morgan fingerprint density at radius 3 is 2.77 bits per heavy atom. The van der Waals surface area contributed by atoms with Crippen LogP contribution in [-0.2, 0) is 19.6 Å². The molecular formula is C15H14N2O4S. The Hall–Kier alpha value is -2.38. The van der Waals surface area contributed by atoms with Crippen molar-refractivity contribution in [3.63, 3.8) is 0 Å². The minimum atomic E-state index is -1.09. The van der Waals surface area contributed by atoms with Crippen LogP contribution in [0.5, 0.6) is 0 Å². The largest absolute Gasteiger partial charge is 0.476 e. The van der Waals surface area contributed by atoms with Gasteiger partial charge in [-0.3, -0.25) is 4.90 Å². The average Bonchev–Trinajstić information content (AvgIpc) is 3.19. The number of carboxylic acid groups (broad SMARTS) is 1. The van der Waals surface area contributed by atoms with E-state index in [0.717, 1.165) is 12.0 Å². The molecule has 7 heteroatoms. The first-order chi connectivity index (χ1) is 10.7. The second-order valence-corrected chi connectivity index (χ2v) is 5.77. The van der Waals surface area contributed by atoms with Gasteiger partial charge in [0.1, 0.15) is 12.0 Å². The number of carbonyl (C=O) groups is 1. The van der Waals surface area contributed by atoms with Crippen LogP contribution < -0.4 is 0 Å². The number of aromatic carboxylic acids is 1. The monoisotopic (exact) mass is 318 g/mol. The Bertz CT molecular complexity index is 682. The summed E-state index contributed by atoms with van der Waals surface area (Å²) >= 11 is 1.67. The summed E-state index contributed by atoms with van der Waals surface area (Å²) < 4.78 is 10.6. The molecule has 22 heavy (non-hydrogen) atoms. The molecule has 0 fully saturated rings. The van der Waals surface area contributed by atoms with E-state index in [1.807, 2.05) is 23.6 Å². The molecule has 3 heterocycles. The zero-order chi connectivity index (χ0) is 15.4. The lowest BCUT2D eigenvalue weighted by atomic mass is 10.3. The fourth-order valence-electron chi connectivity index (χ4n) is 2.09. The average molecular weight is 318 g/mol. The third-order valence-electron chi connectivity index (χ3n) is 3.05. The molecule has 0 radical (unpaired) electrons. The van der Waals surface area contributed by atoms with Crippen molar-refractivity contribution in [1.82, 2.24) is 9.88 Å². The predicted octanol–water partition coefficient (Wildman–Crippen LogP) is 3.23. The van der Waals surface area contributed by atoms with Gasteiger partial charge in [0.25, 0.3) is 0 Å². The van der Waals surface area contributed by atoms with Gasteiger partial charge < -0.3 is 13.9 Å². The normalized spacial score (nSPS) is 11.1. The van der Waals surface area contributed by atoms with Crippen LogP contribution in [0.15, 0.2) is 51.0 Å². The molecule has 1 N–H and O–H groups in total. The number of thiophene rings is 1. The van der Waals surface area contributed by atoms with Gasteiger partial charge in [0, 0.05) is 11.4 Å². The molecule has 0 amide bonds. The van der Waals surface area contributed by atoms with Crippen LogP contribution in [0.4, 0.5) is 0 Å². The Morgan fingerprint density at radius 1 is 1.23 bits per heavy atom. The van der Waals surface area contributed by atoms with Crippen molar-refractivity contribution >= 4 is 17.3 Å². The highest BCUT2D eigenvalue weighted by Crippen LogP contribution is 2.17. The maximum Gasteiger partial charge on any atom is 0.357 e. The summed E-state index contributed by atoms with van der Waals surface area (Å²) in [6.45, 7) is 1.71. The van der Waals surface area contributed by atoms with Gasteiger partial charge in [-0.15, -0.1) is 11.3 Å². The number of hydrogen-bond donors (Lipinski definition) is 1. The lowest BCUT2D eigenvalue weighted by molar-refractivity contribution is 0.0690. The molecule has 0 saturated carbocycles. The van der Waals surface area contributed by atoms with Gasteiger partial charge in [-0.05, 0) is 23.6 Å². The van der Waals surface area contributed by atoms with Gasteiger partial charge in [-0.25, -0.2) is 9.78 Å². The number of nitrogens with zero attached hydrogens (tertiary/aromatic N) is 2. The van der Waals surface area contributed by atoms with Gasteiger partial charge in [0.15, 0.2) is 5.69 Å². The highest BCUT2D eigenvalue weighted by atomic mass is 32.1. The van der Waals surface area contributed by atoms with Crippen molar-refractivity contribution in [2.45, 2.75) is 19.6 Å². The van der Waals surface area contributed by atoms with E-state index in [-0.39, 0.29) is 5.69 Å². The third-order valence-corrected chi connectivity index (χ3v) is 3.91. The Labute approximate surface area is 130 Å². The lowest BCUT2D eigenvalue weighted by Crippen LogP contribution is -2.22. The smallest absolute Gasteiger partial charge is 0.357 e. The molecule has 0 unspecified atom stereocenters. The Kier molecular flexibility index (Phi) is 4.36. The maximum absolute atomic E-state index is 10.9. The van der Waals surface area contributed by atoms with E-state index in [1.165, 1.54) is 4.88 Å². The van der Waals surface area contributed by atoms with Crippen molar-refractivity contribution in [2.24, 2.45) is 0 Å². The van der Waals surface area contributed by atoms with Crippen LogP contribution in [0.1, 0.15) is 27.0 Å². The van der Waals surface area contributed by atoms with E-state index in [1.54, 1.807) is 17.6 Å². The van der Waals surface area contributed by atoms with Crippen molar-refractivity contribution in [2.75, 3.05) is 0 Å². The second-order valence-electron chi connectivity index (χ2n) is 4.74. The summed E-state index contributed by atoms with van der Waals surface area (Å²) in [6, 6.07) is 7.79. The molecule has 0 aliphatic carbocycles. The minimum absolute atomic E-state index is 0.0796. The first kappa shape index (κ1) is 14.6. The molecule has 0 aromatic carbocycles. The van der Waals surface area contributed by atoms with Gasteiger partial charge in [0.05, 0.1) is 19.4 Å². The van der Waals surface area contributed by atoms with Crippen LogP contribution in [0.3, 0.4) is 0 Å². The number of hydrogen-bond acceptors (Lipinski definition) is 6. The fourth-order valence-corrected chi connectivity index (χ4v) is 2.83. The van der Waals surface area contributed by atoms with Crippen molar-refractivity contribution in [3.8, 4) is 0 Å². The number of rotatable bonds is 7. The molecule has 3 aromatic rings. The number of carboxylic acids is 1. The van der Waals surface area contributed by atoms with E-state index < -0.39 is 5.97 Å². The topological polar surface area (TPSA) is 79.7 Å². The standard InChI is InChI=1S/C15H14N2O4S/c18-15(19)13-10-21-14(16-13)9-17(7-11-3-1-5-20-11)8-12-4-2-6-22-12/h1-6,10H,7-9H2,(H,18,19). The maximum atomic E-state index is 10.9. The number of oxazole rings is 1. The lowest BCUT2D eigenvalue weighted by Gasteiger charge is -2.18. The van der Waals surface area contributed by atoms with Crippen molar-refractivity contribution < 1.29 is 18.7 Å². The minimum Gasteiger partial charge on any atom is -0.476 e. The summed E-state index contributed by atoms with van der Waals surface area (Å²) in [5.41, 5.74) is -0.0796. The van der Waals surface area contributed by atoms with Crippen LogP contribution in [0.2, 0.25) is 0 Å². The molecule has 0 spiro atoms. The zero-order valence-corrected chi connectivity index (χ0v) is 12.5.